The molecule has 0 saturated heterocycles. The van der Waals surface area contributed by atoms with Crippen LogP contribution in [-0.2, 0) is 12.3 Å². The van der Waals surface area contributed by atoms with Gasteiger partial charge >= 0.3 is 0 Å². The fourth-order valence-corrected chi connectivity index (χ4v) is 1.63. The molecule has 2 aromatic rings. The van der Waals surface area contributed by atoms with Gasteiger partial charge in [-0.1, -0.05) is 13.3 Å². The number of hydrogen-bond donors (Lipinski definition) is 1. The summed E-state index contributed by atoms with van der Waals surface area (Å²) < 4.78 is 1.35. The molecule has 0 fully saturated rings. The topological polar surface area (TPSA) is 63.1 Å². The molecule has 0 spiro atoms. The molecule has 2 aromatic heterocycles. The highest BCUT2D eigenvalue weighted by atomic mass is 35.5. The molecule has 0 aliphatic carbocycles. The molecule has 0 aliphatic rings. The smallest absolute Gasteiger partial charge is 0.274 e. The molecule has 0 unspecified atom stereocenters. The zero-order valence-electron chi connectivity index (χ0n) is 9.03. The summed E-state index contributed by atoms with van der Waals surface area (Å²) in [5.74, 6) is 1.41. The summed E-state index contributed by atoms with van der Waals surface area (Å²) >= 11 is 5.64. The molecule has 16 heavy (non-hydrogen) atoms. The van der Waals surface area contributed by atoms with Crippen molar-refractivity contribution in [1.29, 1.82) is 0 Å². The van der Waals surface area contributed by atoms with Crippen LogP contribution in [0.2, 0.25) is 0 Å². The van der Waals surface area contributed by atoms with E-state index in [1.54, 1.807) is 0 Å². The van der Waals surface area contributed by atoms with Gasteiger partial charge in [-0.25, -0.2) is 4.98 Å². The van der Waals surface area contributed by atoms with Crippen LogP contribution in [-0.4, -0.2) is 19.6 Å². The number of fused-ring (bicyclic) bond motifs is 1. The van der Waals surface area contributed by atoms with Gasteiger partial charge in [0.05, 0.1) is 11.6 Å². The number of nitrogens with one attached hydrogen (secondary N) is 1. The first-order valence-corrected chi connectivity index (χ1v) is 5.81. The van der Waals surface area contributed by atoms with Crippen molar-refractivity contribution in [2.45, 2.75) is 32.1 Å². The predicted octanol–water partition coefficient (Wildman–Crippen LogP) is 1.50. The Morgan fingerprint density at radius 3 is 3.00 bits per heavy atom. The molecule has 0 atom stereocenters. The Kier molecular flexibility index (Phi) is 3.24. The van der Waals surface area contributed by atoms with Crippen molar-refractivity contribution in [1.82, 2.24) is 19.6 Å². The number of alkyl halides is 1. The summed E-state index contributed by atoms with van der Waals surface area (Å²) in [5.41, 5.74) is 0.385. The normalized spacial score (nSPS) is 11.1. The van der Waals surface area contributed by atoms with E-state index in [9.17, 15) is 4.79 Å². The molecule has 5 nitrogen and oxygen atoms in total. The van der Waals surface area contributed by atoms with Crippen LogP contribution in [0.25, 0.3) is 5.78 Å². The highest BCUT2D eigenvalue weighted by Crippen LogP contribution is 2.03. The number of hydrogen-bond acceptors (Lipinski definition) is 3. The van der Waals surface area contributed by atoms with Crippen molar-refractivity contribution in [3.63, 3.8) is 0 Å². The first-order valence-electron chi connectivity index (χ1n) is 5.28. The van der Waals surface area contributed by atoms with Crippen LogP contribution < -0.4 is 5.56 Å². The lowest BCUT2D eigenvalue weighted by Gasteiger charge is -1.93. The van der Waals surface area contributed by atoms with E-state index in [4.69, 9.17) is 11.6 Å². The molecular weight excluding hydrogens is 228 g/mol. The maximum Gasteiger partial charge on any atom is 0.274 e. The number of rotatable bonds is 4. The van der Waals surface area contributed by atoms with Crippen LogP contribution in [0, 0.1) is 0 Å². The lowest BCUT2D eigenvalue weighted by molar-refractivity contribution is 0.744. The fourth-order valence-electron chi connectivity index (χ4n) is 1.50. The SMILES string of the molecule is CCCCc1nc2nc(CCl)cc(=O)n2[nH]1. The van der Waals surface area contributed by atoms with Crippen molar-refractivity contribution in [2.24, 2.45) is 0 Å². The van der Waals surface area contributed by atoms with Gasteiger partial charge in [0.1, 0.15) is 5.82 Å². The Morgan fingerprint density at radius 2 is 2.31 bits per heavy atom. The zero-order chi connectivity index (χ0) is 11.5. The van der Waals surface area contributed by atoms with Gasteiger partial charge in [0, 0.05) is 12.5 Å². The maximum absolute atomic E-state index is 11.6. The summed E-state index contributed by atoms with van der Waals surface area (Å²) in [6.07, 6.45) is 2.96. The Labute approximate surface area is 97.5 Å². The van der Waals surface area contributed by atoms with Crippen LogP contribution >= 0.6 is 11.6 Å². The third-order valence-corrected chi connectivity index (χ3v) is 2.61. The highest BCUT2D eigenvalue weighted by molar-refractivity contribution is 6.16. The second-order valence-corrected chi connectivity index (χ2v) is 3.90. The van der Waals surface area contributed by atoms with E-state index in [2.05, 4.69) is 22.0 Å². The van der Waals surface area contributed by atoms with Gasteiger partial charge in [0.25, 0.3) is 11.3 Å². The molecular formula is C10H13ClN4O. The summed E-state index contributed by atoms with van der Waals surface area (Å²) in [5, 5.41) is 2.94. The van der Waals surface area contributed by atoms with Crippen LogP contribution in [0.15, 0.2) is 10.9 Å². The lowest BCUT2D eigenvalue weighted by Crippen LogP contribution is -2.15. The predicted molar refractivity (Wildman–Crippen MR) is 61.8 cm³/mol. The van der Waals surface area contributed by atoms with Crippen molar-refractivity contribution in [2.75, 3.05) is 0 Å². The van der Waals surface area contributed by atoms with E-state index in [0.717, 1.165) is 25.1 Å². The van der Waals surface area contributed by atoms with E-state index in [0.29, 0.717) is 11.5 Å². The van der Waals surface area contributed by atoms with E-state index in [1.165, 1.54) is 10.6 Å². The maximum atomic E-state index is 11.6. The Bertz CT molecular complexity index is 545. The molecule has 6 heteroatoms. The second kappa shape index (κ2) is 4.65. The van der Waals surface area contributed by atoms with Gasteiger partial charge in [-0.3, -0.25) is 9.89 Å². The van der Waals surface area contributed by atoms with Gasteiger partial charge in [0.15, 0.2) is 0 Å². The van der Waals surface area contributed by atoms with Crippen molar-refractivity contribution in [3.05, 3.63) is 27.9 Å². The quantitative estimate of drug-likeness (QED) is 0.824. The van der Waals surface area contributed by atoms with Crippen LogP contribution in [0.5, 0.6) is 0 Å². The van der Waals surface area contributed by atoms with Crippen LogP contribution in [0.4, 0.5) is 0 Å². The highest BCUT2D eigenvalue weighted by Gasteiger charge is 2.06. The summed E-state index contributed by atoms with van der Waals surface area (Å²) in [4.78, 5) is 20.1. The minimum Gasteiger partial charge on any atom is -0.275 e. The van der Waals surface area contributed by atoms with E-state index >= 15 is 0 Å². The molecule has 0 bridgehead atoms. The van der Waals surface area contributed by atoms with E-state index in [-0.39, 0.29) is 11.4 Å². The van der Waals surface area contributed by atoms with Gasteiger partial charge in [0.2, 0.25) is 0 Å². The molecule has 0 amide bonds. The summed E-state index contributed by atoms with van der Waals surface area (Å²) in [6.45, 7) is 2.11. The van der Waals surface area contributed by atoms with E-state index < -0.39 is 0 Å². The van der Waals surface area contributed by atoms with Crippen molar-refractivity contribution >= 4 is 17.4 Å². The van der Waals surface area contributed by atoms with Gasteiger partial charge in [-0.2, -0.15) is 9.50 Å². The molecule has 2 heterocycles. The number of aromatic nitrogens is 4. The number of halogens is 1. The van der Waals surface area contributed by atoms with Crippen molar-refractivity contribution in [3.8, 4) is 0 Å². The monoisotopic (exact) mass is 240 g/mol. The van der Waals surface area contributed by atoms with Crippen LogP contribution in [0.3, 0.4) is 0 Å². The van der Waals surface area contributed by atoms with Gasteiger partial charge < -0.3 is 0 Å². The molecule has 0 aliphatic heterocycles. The molecule has 1 N–H and O–H groups in total. The number of H-pyrrole nitrogens is 1. The Morgan fingerprint density at radius 1 is 1.50 bits per heavy atom. The third-order valence-electron chi connectivity index (χ3n) is 2.33. The average Bonchev–Trinajstić information content (AvgIpc) is 2.69. The molecule has 0 saturated carbocycles. The lowest BCUT2D eigenvalue weighted by atomic mass is 10.2. The van der Waals surface area contributed by atoms with Crippen LogP contribution in [0.1, 0.15) is 31.3 Å². The minimum atomic E-state index is -0.170. The largest absolute Gasteiger partial charge is 0.275 e. The fraction of sp³-hybridized carbons (Fsp3) is 0.500. The minimum absolute atomic E-state index is 0.170. The third kappa shape index (κ3) is 2.09. The summed E-state index contributed by atoms with van der Waals surface area (Å²) in [7, 11) is 0. The van der Waals surface area contributed by atoms with Gasteiger partial charge in [-0.15, -0.1) is 11.6 Å². The van der Waals surface area contributed by atoms with Gasteiger partial charge in [-0.05, 0) is 6.42 Å². The first kappa shape index (κ1) is 11.1. The zero-order valence-corrected chi connectivity index (χ0v) is 9.79. The number of unbranched alkanes of at least 4 members (excludes halogenated alkanes) is 1. The standard InChI is InChI=1S/C10H13ClN4O/c1-2-3-4-8-13-10-12-7(6-11)5-9(16)15(10)14-8/h5H,2-4,6H2,1H3,(H,12,13,14). The first-order chi connectivity index (χ1) is 7.74. The molecule has 0 radical (unpaired) electrons. The molecule has 2 rings (SSSR count). The Balaban J connectivity index is 2.44. The molecule has 86 valence electrons. The van der Waals surface area contributed by atoms with E-state index in [1.807, 2.05) is 0 Å². The number of aryl methyl sites for hydroxylation is 1. The Hall–Kier alpha value is -1.36. The summed E-state index contributed by atoms with van der Waals surface area (Å²) in [6, 6.07) is 1.42. The van der Waals surface area contributed by atoms with Crippen molar-refractivity contribution < 1.29 is 0 Å². The second-order valence-electron chi connectivity index (χ2n) is 3.63. The number of aromatic amines is 1. The molecule has 0 aromatic carbocycles. The number of nitrogens with zero attached hydrogens (tertiary/aromatic N) is 3. The average molecular weight is 241 g/mol.